The molecule has 0 radical (unpaired) electrons. The molecule has 0 bridgehead atoms. The predicted molar refractivity (Wildman–Crippen MR) is 95.1 cm³/mol. The van der Waals surface area contributed by atoms with Gasteiger partial charge >= 0.3 is 6.01 Å². The van der Waals surface area contributed by atoms with Crippen molar-refractivity contribution in [2.24, 2.45) is 0 Å². The zero-order chi connectivity index (χ0) is 17.2. The Labute approximate surface area is 148 Å². The molecule has 0 aliphatic heterocycles. The lowest BCUT2D eigenvalue weighted by Gasteiger charge is -2.09. The van der Waals surface area contributed by atoms with E-state index in [1.54, 1.807) is 24.3 Å². The molecule has 0 N–H and O–H groups in total. The van der Waals surface area contributed by atoms with Crippen LogP contribution in [-0.4, -0.2) is 14.5 Å². The highest BCUT2D eigenvalue weighted by atomic mass is 35.5. The lowest BCUT2D eigenvalue weighted by molar-refractivity contribution is 0.441. The number of fused-ring (bicyclic) bond motifs is 1. The lowest BCUT2D eigenvalue weighted by Crippen LogP contribution is -2.03. The number of rotatable bonds is 3. The van der Waals surface area contributed by atoms with E-state index >= 15 is 0 Å². The molecule has 0 atom stereocenters. The first-order valence-electron chi connectivity index (χ1n) is 7.51. The average Bonchev–Trinajstić information content (AvgIpc) is 3.07. The molecule has 2 aromatic heterocycles. The molecular weight excluding hydrogens is 336 g/mol. The van der Waals surface area contributed by atoms with Crippen LogP contribution in [0.1, 0.15) is 5.56 Å². The van der Waals surface area contributed by atoms with Crippen molar-refractivity contribution in [3.05, 3.63) is 77.6 Å². The standard InChI is InChI=1S/C19H11ClN4O/c20-15-5-7-16(8-6-15)25-19-22-12-14(11-21)18(23-19)24-10-9-13-3-1-2-4-17(13)24/h1-10,12H. The van der Waals surface area contributed by atoms with E-state index < -0.39 is 0 Å². The Morgan fingerprint density at radius 2 is 1.84 bits per heavy atom. The van der Waals surface area contributed by atoms with Crippen LogP contribution < -0.4 is 4.74 Å². The van der Waals surface area contributed by atoms with Gasteiger partial charge in [0.1, 0.15) is 17.4 Å². The van der Waals surface area contributed by atoms with Crippen molar-refractivity contribution in [1.29, 1.82) is 5.26 Å². The molecule has 2 aromatic carbocycles. The highest BCUT2D eigenvalue weighted by Gasteiger charge is 2.12. The Morgan fingerprint density at radius 3 is 2.64 bits per heavy atom. The quantitative estimate of drug-likeness (QED) is 0.537. The highest BCUT2D eigenvalue weighted by molar-refractivity contribution is 6.30. The van der Waals surface area contributed by atoms with Gasteiger partial charge in [-0.1, -0.05) is 29.8 Å². The van der Waals surface area contributed by atoms with E-state index in [0.29, 0.717) is 22.2 Å². The minimum Gasteiger partial charge on any atom is -0.424 e. The maximum atomic E-state index is 9.40. The van der Waals surface area contributed by atoms with Gasteiger partial charge in [-0.2, -0.15) is 10.2 Å². The van der Waals surface area contributed by atoms with Crippen LogP contribution in [0, 0.1) is 11.3 Å². The number of halogens is 1. The molecule has 0 aliphatic carbocycles. The number of para-hydroxylation sites is 1. The number of nitriles is 1. The molecule has 0 saturated carbocycles. The molecule has 0 spiro atoms. The van der Waals surface area contributed by atoms with Crippen LogP contribution in [0.15, 0.2) is 67.0 Å². The van der Waals surface area contributed by atoms with Crippen molar-refractivity contribution in [2.75, 3.05) is 0 Å². The number of hydrogen-bond donors (Lipinski definition) is 0. The van der Waals surface area contributed by atoms with Crippen molar-refractivity contribution in [1.82, 2.24) is 14.5 Å². The first-order chi connectivity index (χ1) is 12.2. The fourth-order valence-corrected chi connectivity index (χ4v) is 2.67. The number of aromatic nitrogens is 3. The predicted octanol–water partition coefficient (Wildman–Crippen LogP) is 4.74. The zero-order valence-electron chi connectivity index (χ0n) is 12.9. The molecule has 4 aromatic rings. The minimum absolute atomic E-state index is 0.161. The summed E-state index contributed by atoms with van der Waals surface area (Å²) < 4.78 is 7.53. The third-order valence-electron chi connectivity index (χ3n) is 3.72. The molecule has 5 nitrogen and oxygen atoms in total. The van der Waals surface area contributed by atoms with Crippen LogP contribution in [0.3, 0.4) is 0 Å². The summed E-state index contributed by atoms with van der Waals surface area (Å²) in [5.74, 6) is 1.04. The Balaban J connectivity index is 1.79. The Hall–Kier alpha value is -3.36. The zero-order valence-corrected chi connectivity index (χ0v) is 13.7. The van der Waals surface area contributed by atoms with Gasteiger partial charge in [0.05, 0.1) is 11.7 Å². The van der Waals surface area contributed by atoms with Gasteiger partial charge in [-0.3, -0.25) is 4.57 Å². The van der Waals surface area contributed by atoms with E-state index in [1.165, 1.54) is 6.20 Å². The maximum Gasteiger partial charge on any atom is 0.324 e. The molecule has 6 heteroatoms. The van der Waals surface area contributed by atoms with Crippen LogP contribution in [0.5, 0.6) is 11.8 Å². The van der Waals surface area contributed by atoms with Gasteiger partial charge in [0, 0.05) is 11.2 Å². The van der Waals surface area contributed by atoms with Crippen molar-refractivity contribution in [3.63, 3.8) is 0 Å². The summed E-state index contributed by atoms with van der Waals surface area (Å²) in [6, 6.07) is 19.0. The molecule has 0 saturated heterocycles. The highest BCUT2D eigenvalue weighted by Crippen LogP contribution is 2.24. The molecule has 0 fully saturated rings. The van der Waals surface area contributed by atoms with Crippen molar-refractivity contribution in [3.8, 4) is 23.6 Å². The van der Waals surface area contributed by atoms with Gasteiger partial charge < -0.3 is 4.74 Å². The van der Waals surface area contributed by atoms with Crippen molar-refractivity contribution < 1.29 is 4.74 Å². The largest absolute Gasteiger partial charge is 0.424 e. The van der Waals surface area contributed by atoms with E-state index in [2.05, 4.69) is 16.0 Å². The fraction of sp³-hybridized carbons (Fsp3) is 0. The second-order valence-corrected chi connectivity index (χ2v) is 5.74. The molecule has 0 unspecified atom stereocenters. The molecule has 0 aliphatic rings. The van der Waals surface area contributed by atoms with Crippen LogP contribution >= 0.6 is 11.6 Å². The number of ether oxygens (including phenoxy) is 1. The van der Waals surface area contributed by atoms with Crippen LogP contribution in [0.2, 0.25) is 5.02 Å². The van der Waals surface area contributed by atoms with E-state index in [9.17, 15) is 5.26 Å². The Bertz CT molecular complexity index is 1100. The van der Waals surface area contributed by atoms with E-state index in [4.69, 9.17) is 16.3 Å². The number of hydrogen-bond acceptors (Lipinski definition) is 4. The first kappa shape index (κ1) is 15.2. The summed E-state index contributed by atoms with van der Waals surface area (Å²) in [6.45, 7) is 0. The van der Waals surface area contributed by atoms with E-state index in [-0.39, 0.29) is 6.01 Å². The third-order valence-corrected chi connectivity index (χ3v) is 3.97. The second-order valence-electron chi connectivity index (χ2n) is 5.30. The second kappa shape index (κ2) is 6.27. The summed E-state index contributed by atoms with van der Waals surface area (Å²) in [6.07, 6.45) is 3.34. The Morgan fingerprint density at radius 1 is 1.04 bits per heavy atom. The number of nitrogens with zero attached hydrogens (tertiary/aromatic N) is 4. The van der Waals surface area contributed by atoms with Gasteiger partial charge in [-0.05, 0) is 41.8 Å². The Kier molecular flexibility index (Phi) is 3.81. The summed E-state index contributed by atoms with van der Waals surface area (Å²) in [4.78, 5) is 8.54. The summed E-state index contributed by atoms with van der Waals surface area (Å²) >= 11 is 5.88. The average molecular weight is 347 g/mol. The molecule has 25 heavy (non-hydrogen) atoms. The van der Waals surface area contributed by atoms with Crippen molar-refractivity contribution >= 4 is 22.5 Å². The third kappa shape index (κ3) is 2.91. The SMILES string of the molecule is N#Cc1cnc(Oc2ccc(Cl)cc2)nc1-n1ccc2ccccc21. The summed E-state index contributed by atoms with van der Waals surface area (Å²) in [5.41, 5.74) is 1.32. The van der Waals surface area contributed by atoms with Gasteiger partial charge in [-0.15, -0.1) is 0 Å². The van der Waals surface area contributed by atoms with E-state index in [0.717, 1.165) is 10.9 Å². The van der Waals surface area contributed by atoms with Gasteiger partial charge in [0.2, 0.25) is 0 Å². The summed E-state index contributed by atoms with van der Waals surface area (Å²) in [7, 11) is 0. The maximum absolute atomic E-state index is 9.40. The molecule has 2 heterocycles. The first-order valence-corrected chi connectivity index (χ1v) is 7.89. The monoisotopic (exact) mass is 346 g/mol. The smallest absolute Gasteiger partial charge is 0.324 e. The van der Waals surface area contributed by atoms with E-state index in [1.807, 2.05) is 41.1 Å². The number of benzene rings is 2. The van der Waals surface area contributed by atoms with Crippen molar-refractivity contribution in [2.45, 2.75) is 0 Å². The molecule has 4 rings (SSSR count). The minimum atomic E-state index is 0.161. The van der Waals surface area contributed by atoms with Gasteiger partial charge in [-0.25, -0.2) is 4.98 Å². The van der Waals surface area contributed by atoms with Gasteiger partial charge in [0.25, 0.3) is 0 Å². The van der Waals surface area contributed by atoms with Crippen LogP contribution in [0.4, 0.5) is 0 Å². The molecular formula is C19H11ClN4O. The lowest BCUT2D eigenvalue weighted by atomic mass is 10.2. The summed E-state index contributed by atoms with van der Waals surface area (Å²) in [5, 5.41) is 11.1. The van der Waals surface area contributed by atoms with Crippen LogP contribution in [0.25, 0.3) is 16.7 Å². The normalized spacial score (nSPS) is 10.6. The van der Waals surface area contributed by atoms with Gasteiger partial charge in [0.15, 0.2) is 5.82 Å². The van der Waals surface area contributed by atoms with Crippen LogP contribution in [-0.2, 0) is 0 Å². The topological polar surface area (TPSA) is 63.7 Å². The molecule has 120 valence electrons. The fourth-order valence-electron chi connectivity index (χ4n) is 2.54. The molecule has 0 amide bonds.